The van der Waals surface area contributed by atoms with E-state index in [-0.39, 0.29) is 11.9 Å². The van der Waals surface area contributed by atoms with Crippen LogP contribution in [0.3, 0.4) is 0 Å². The average Bonchev–Trinajstić information content (AvgIpc) is 3.53. The van der Waals surface area contributed by atoms with Gasteiger partial charge in [0.1, 0.15) is 11.5 Å². The first-order valence-electron chi connectivity index (χ1n) is 10.9. The van der Waals surface area contributed by atoms with Crippen molar-refractivity contribution in [3.05, 3.63) is 58.1 Å². The van der Waals surface area contributed by atoms with E-state index in [2.05, 4.69) is 20.4 Å². The number of nitrogens with zero attached hydrogens (tertiary/aromatic N) is 7. The second kappa shape index (κ2) is 8.99. The number of fused-ring (bicyclic) bond motifs is 1. The summed E-state index contributed by atoms with van der Waals surface area (Å²) in [6.07, 6.45) is 3.78. The molecule has 10 nitrogen and oxygen atoms in total. The monoisotopic (exact) mass is 478 g/mol. The summed E-state index contributed by atoms with van der Waals surface area (Å²) in [7, 11) is 3.52. The number of hydrogen-bond acceptors (Lipinski definition) is 8. The van der Waals surface area contributed by atoms with E-state index in [1.807, 2.05) is 54.1 Å². The lowest BCUT2D eigenvalue weighted by Crippen LogP contribution is -2.49. The topological polar surface area (TPSA) is 103 Å². The lowest BCUT2D eigenvalue weighted by atomic mass is 10.1. The fourth-order valence-electron chi connectivity index (χ4n) is 4.27. The first-order chi connectivity index (χ1) is 16.4. The molecule has 0 bridgehead atoms. The molecule has 176 valence electrons. The molecule has 4 aromatic heterocycles. The van der Waals surface area contributed by atoms with E-state index < -0.39 is 0 Å². The van der Waals surface area contributed by atoms with Gasteiger partial charge in [0, 0.05) is 50.1 Å². The van der Waals surface area contributed by atoms with Crippen LogP contribution in [-0.2, 0) is 24.9 Å². The Hall–Kier alpha value is -3.57. The number of carbonyl (C=O) groups excluding carboxylic acids is 1. The van der Waals surface area contributed by atoms with Crippen LogP contribution in [0.2, 0.25) is 0 Å². The summed E-state index contributed by atoms with van der Waals surface area (Å²) < 4.78 is 9.18. The number of rotatable bonds is 7. The molecule has 5 heterocycles. The highest BCUT2D eigenvalue weighted by Crippen LogP contribution is 2.29. The number of ether oxygens (including phenoxy) is 1. The summed E-state index contributed by atoms with van der Waals surface area (Å²) in [5.74, 6) is 1.24. The predicted octanol–water partition coefficient (Wildman–Crippen LogP) is 3.17. The van der Waals surface area contributed by atoms with Crippen LogP contribution < -0.4 is 5.32 Å². The van der Waals surface area contributed by atoms with E-state index in [0.29, 0.717) is 31.3 Å². The normalized spacial score (nSPS) is 15.6. The fraction of sp³-hybridized carbons (Fsp3) is 0.348. The lowest BCUT2D eigenvalue weighted by molar-refractivity contribution is 0.0385. The molecule has 0 spiro atoms. The predicted molar refractivity (Wildman–Crippen MR) is 129 cm³/mol. The third kappa shape index (κ3) is 4.19. The minimum absolute atomic E-state index is 0.0389. The van der Waals surface area contributed by atoms with Crippen LogP contribution in [0.15, 0.2) is 35.4 Å². The number of hydrogen-bond donors (Lipinski definition) is 1. The highest BCUT2D eigenvalue weighted by atomic mass is 32.1. The molecule has 34 heavy (non-hydrogen) atoms. The van der Waals surface area contributed by atoms with Crippen molar-refractivity contribution >= 4 is 29.0 Å². The molecule has 0 aromatic carbocycles. The van der Waals surface area contributed by atoms with Gasteiger partial charge >= 0.3 is 0 Å². The van der Waals surface area contributed by atoms with Gasteiger partial charge in [-0.3, -0.25) is 9.48 Å². The minimum atomic E-state index is -0.0799. The van der Waals surface area contributed by atoms with E-state index in [0.717, 1.165) is 34.0 Å². The second-order valence-electron chi connectivity index (χ2n) is 8.43. The maximum Gasteiger partial charge on any atom is 0.271 e. The van der Waals surface area contributed by atoms with E-state index in [1.54, 1.807) is 23.5 Å². The van der Waals surface area contributed by atoms with Gasteiger partial charge in [-0.2, -0.15) is 5.10 Å². The Morgan fingerprint density at radius 3 is 2.82 bits per heavy atom. The third-order valence-electron chi connectivity index (χ3n) is 5.89. The highest BCUT2D eigenvalue weighted by Gasteiger charge is 2.33. The molecular weight excluding hydrogens is 452 g/mol. The molecule has 1 amide bonds. The molecule has 11 heteroatoms. The standard InChI is InChI=1S/C23H26N8O2S/c1-14-7-24-23(26-20-5-15(2)28-29(20)3)27-21(14)16-6-19-22(32)31(9-17-12-34-13-25-17)18(11-33-4)10-30(19)8-16/h5-8,12-13,18H,9-11H2,1-4H3,(H,24,26,27)/t18-/m1/s1. The minimum Gasteiger partial charge on any atom is -0.382 e. The molecule has 4 aromatic rings. The largest absolute Gasteiger partial charge is 0.382 e. The molecule has 5 rings (SSSR count). The van der Waals surface area contributed by atoms with Crippen molar-refractivity contribution in [1.82, 2.24) is 34.2 Å². The van der Waals surface area contributed by atoms with Crippen molar-refractivity contribution < 1.29 is 9.53 Å². The zero-order valence-electron chi connectivity index (χ0n) is 19.5. The summed E-state index contributed by atoms with van der Waals surface area (Å²) in [5, 5.41) is 9.55. The summed E-state index contributed by atoms with van der Waals surface area (Å²) in [4.78, 5) is 28.9. The van der Waals surface area contributed by atoms with E-state index in [1.165, 1.54) is 11.3 Å². The Morgan fingerprint density at radius 2 is 2.12 bits per heavy atom. The molecule has 0 aliphatic carbocycles. The van der Waals surface area contributed by atoms with Crippen LogP contribution in [0, 0.1) is 13.8 Å². The Morgan fingerprint density at radius 1 is 1.26 bits per heavy atom. The van der Waals surface area contributed by atoms with Gasteiger partial charge in [0.2, 0.25) is 5.95 Å². The molecule has 0 unspecified atom stereocenters. The number of thiazole rings is 1. The molecule has 0 saturated carbocycles. The van der Waals surface area contributed by atoms with E-state index in [4.69, 9.17) is 9.72 Å². The Kier molecular flexibility index (Phi) is 5.88. The molecule has 1 atom stereocenters. The zero-order chi connectivity index (χ0) is 23.8. The molecule has 1 aliphatic rings. The van der Waals surface area contributed by atoms with Gasteiger partial charge in [0.25, 0.3) is 5.91 Å². The lowest BCUT2D eigenvalue weighted by Gasteiger charge is -2.35. The maximum absolute atomic E-state index is 13.5. The van der Waals surface area contributed by atoms with Crippen LogP contribution in [-0.4, -0.2) is 59.9 Å². The number of anilines is 2. The third-order valence-corrected chi connectivity index (χ3v) is 6.52. The Labute approximate surface area is 201 Å². The van der Waals surface area contributed by atoms with Crippen LogP contribution >= 0.6 is 11.3 Å². The Bertz CT molecular complexity index is 1330. The Balaban J connectivity index is 1.46. The quantitative estimate of drug-likeness (QED) is 0.435. The molecule has 1 N–H and O–H groups in total. The van der Waals surface area contributed by atoms with Gasteiger partial charge in [-0.1, -0.05) is 0 Å². The van der Waals surface area contributed by atoms with Crippen LogP contribution in [0.5, 0.6) is 0 Å². The number of aromatic nitrogens is 6. The molecule has 0 radical (unpaired) electrons. The number of aryl methyl sites for hydroxylation is 3. The van der Waals surface area contributed by atoms with Crippen LogP contribution in [0.1, 0.15) is 27.4 Å². The van der Waals surface area contributed by atoms with Crippen molar-refractivity contribution in [2.45, 2.75) is 33.0 Å². The van der Waals surface area contributed by atoms with E-state index >= 15 is 0 Å². The number of methoxy groups -OCH3 is 1. The van der Waals surface area contributed by atoms with Crippen molar-refractivity contribution in [3.8, 4) is 11.3 Å². The smallest absolute Gasteiger partial charge is 0.271 e. The summed E-state index contributed by atoms with van der Waals surface area (Å²) >= 11 is 1.53. The number of carbonyl (C=O) groups is 1. The van der Waals surface area contributed by atoms with E-state index in [9.17, 15) is 4.79 Å². The van der Waals surface area contributed by atoms with Crippen molar-refractivity contribution in [2.24, 2.45) is 7.05 Å². The summed E-state index contributed by atoms with van der Waals surface area (Å²) in [6, 6.07) is 3.77. The summed E-state index contributed by atoms with van der Waals surface area (Å²) in [6.45, 7) is 5.45. The van der Waals surface area contributed by atoms with Crippen LogP contribution in [0.25, 0.3) is 11.3 Å². The fourth-order valence-corrected chi connectivity index (χ4v) is 4.82. The van der Waals surface area contributed by atoms with Gasteiger partial charge in [-0.25, -0.2) is 15.0 Å². The van der Waals surface area contributed by atoms with Crippen LogP contribution in [0.4, 0.5) is 11.8 Å². The van der Waals surface area contributed by atoms with Gasteiger partial charge in [0.05, 0.1) is 41.8 Å². The first-order valence-corrected chi connectivity index (χ1v) is 11.9. The van der Waals surface area contributed by atoms with Gasteiger partial charge in [-0.15, -0.1) is 11.3 Å². The van der Waals surface area contributed by atoms with Gasteiger partial charge in [-0.05, 0) is 25.5 Å². The maximum atomic E-state index is 13.5. The van der Waals surface area contributed by atoms with Gasteiger partial charge in [0.15, 0.2) is 0 Å². The SMILES string of the molecule is COC[C@H]1Cn2cc(-c3nc(Nc4cc(C)nn4C)ncc3C)cc2C(=O)N1Cc1cscn1. The first kappa shape index (κ1) is 22.2. The zero-order valence-corrected chi connectivity index (χ0v) is 20.3. The molecule has 1 aliphatic heterocycles. The van der Waals surface area contributed by atoms with Gasteiger partial charge < -0.3 is 19.5 Å². The molecular formula is C23H26N8O2S. The van der Waals surface area contributed by atoms with Crippen molar-refractivity contribution in [3.63, 3.8) is 0 Å². The second-order valence-corrected chi connectivity index (χ2v) is 9.15. The highest BCUT2D eigenvalue weighted by molar-refractivity contribution is 7.07. The van der Waals surface area contributed by atoms with Crippen molar-refractivity contribution in [1.29, 1.82) is 0 Å². The summed E-state index contributed by atoms with van der Waals surface area (Å²) in [5.41, 5.74) is 6.78. The number of amides is 1. The molecule has 0 fully saturated rings. The van der Waals surface area contributed by atoms with Crippen molar-refractivity contribution in [2.75, 3.05) is 19.0 Å². The molecule has 0 saturated heterocycles. The average molecular weight is 479 g/mol. The number of nitrogens with one attached hydrogen (secondary N) is 1.